The summed E-state index contributed by atoms with van der Waals surface area (Å²) in [5.41, 5.74) is -0.301. The van der Waals surface area contributed by atoms with Crippen LogP contribution in [0.4, 0.5) is 18.9 Å². The molecule has 0 heterocycles. The molecule has 13 heteroatoms. The summed E-state index contributed by atoms with van der Waals surface area (Å²) in [6.07, 6.45) is -4.70. The number of halogens is 4. The van der Waals surface area contributed by atoms with Gasteiger partial charge < -0.3 is 15.0 Å². The molecule has 2 amide bonds. The van der Waals surface area contributed by atoms with Crippen molar-refractivity contribution in [1.82, 2.24) is 10.2 Å². The van der Waals surface area contributed by atoms with Crippen molar-refractivity contribution in [3.8, 4) is 5.75 Å². The van der Waals surface area contributed by atoms with E-state index in [1.54, 1.807) is 52.0 Å². The Morgan fingerprint density at radius 3 is 2.14 bits per heavy atom. The zero-order chi connectivity index (χ0) is 32.8. The van der Waals surface area contributed by atoms with Crippen molar-refractivity contribution in [3.63, 3.8) is 0 Å². The molecule has 1 N–H and O–H groups in total. The van der Waals surface area contributed by atoms with Gasteiger partial charge >= 0.3 is 6.18 Å². The number of anilines is 1. The fourth-order valence-corrected chi connectivity index (χ4v) is 6.11. The van der Waals surface area contributed by atoms with Gasteiger partial charge in [-0.2, -0.15) is 13.2 Å². The third-order valence-corrected chi connectivity index (χ3v) is 8.88. The van der Waals surface area contributed by atoms with E-state index in [0.29, 0.717) is 21.7 Å². The maximum atomic E-state index is 14.1. The van der Waals surface area contributed by atoms with Crippen LogP contribution in [0.25, 0.3) is 0 Å². The second kappa shape index (κ2) is 14.3. The van der Waals surface area contributed by atoms with Crippen molar-refractivity contribution < 1.29 is 35.9 Å². The van der Waals surface area contributed by atoms with Gasteiger partial charge in [-0.25, -0.2) is 8.42 Å². The fraction of sp³-hybridized carbons (Fsp3) is 0.355. The standard InChI is InChI=1S/C31H35ClF3N3O5S/c1-6-28(30(40)36-20(2)3)37(18-22-9-12-24(43-5)13-10-22)29(39)19-38(44(41,42)25-14-7-21(4)8-15-25)23-11-16-27(32)26(17-23)31(33,34)35/h7-17,20,28H,6,18-19H2,1-5H3,(H,36,40)/t28-/m0/s1. The molecule has 0 saturated heterocycles. The molecule has 0 unspecified atom stereocenters. The molecular weight excluding hydrogens is 619 g/mol. The Bertz CT molecular complexity index is 1560. The molecule has 238 valence electrons. The Morgan fingerprint density at radius 2 is 1.61 bits per heavy atom. The van der Waals surface area contributed by atoms with Crippen LogP contribution in [-0.2, 0) is 32.3 Å². The first kappa shape index (κ1) is 34.7. The number of methoxy groups -OCH3 is 1. The molecule has 1 atom stereocenters. The van der Waals surface area contributed by atoms with E-state index < -0.39 is 56.9 Å². The number of benzene rings is 3. The Balaban J connectivity index is 2.15. The third-order valence-electron chi connectivity index (χ3n) is 6.76. The largest absolute Gasteiger partial charge is 0.497 e. The number of nitrogens with one attached hydrogen (secondary N) is 1. The lowest BCUT2D eigenvalue weighted by molar-refractivity contribution is -0.140. The van der Waals surface area contributed by atoms with E-state index >= 15 is 0 Å². The number of rotatable bonds is 12. The smallest absolute Gasteiger partial charge is 0.417 e. The molecule has 0 saturated carbocycles. The van der Waals surface area contributed by atoms with Crippen LogP contribution in [0.15, 0.2) is 71.6 Å². The zero-order valence-electron chi connectivity index (χ0n) is 25.0. The first-order valence-corrected chi connectivity index (χ1v) is 15.6. The minimum Gasteiger partial charge on any atom is -0.497 e. The maximum absolute atomic E-state index is 14.1. The Hall–Kier alpha value is -3.77. The number of hydrogen-bond acceptors (Lipinski definition) is 5. The normalized spacial score (nSPS) is 12.5. The molecule has 0 aliphatic heterocycles. The molecule has 8 nitrogen and oxygen atoms in total. The van der Waals surface area contributed by atoms with Gasteiger partial charge in [-0.1, -0.05) is 48.4 Å². The highest BCUT2D eigenvalue weighted by Gasteiger charge is 2.37. The number of alkyl halides is 3. The van der Waals surface area contributed by atoms with Crippen LogP contribution in [0, 0.1) is 6.92 Å². The van der Waals surface area contributed by atoms with Gasteiger partial charge in [0.1, 0.15) is 18.3 Å². The van der Waals surface area contributed by atoms with Crippen LogP contribution in [0.3, 0.4) is 0 Å². The van der Waals surface area contributed by atoms with E-state index in [1.807, 2.05) is 0 Å². The summed E-state index contributed by atoms with van der Waals surface area (Å²) in [6.45, 7) is 5.99. The van der Waals surface area contributed by atoms with Crippen LogP contribution < -0.4 is 14.4 Å². The number of nitrogens with zero attached hydrogens (tertiary/aromatic N) is 2. The minimum absolute atomic E-state index is 0.0836. The Kier molecular flexibility index (Phi) is 11.3. The highest BCUT2D eigenvalue weighted by atomic mass is 35.5. The quantitative estimate of drug-likeness (QED) is 0.251. The summed E-state index contributed by atoms with van der Waals surface area (Å²) in [6, 6.07) is 13.8. The van der Waals surface area contributed by atoms with Gasteiger partial charge in [0.2, 0.25) is 11.8 Å². The molecule has 3 aromatic rings. The predicted molar refractivity (Wildman–Crippen MR) is 163 cm³/mol. The molecule has 0 radical (unpaired) electrons. The van der Waals surface area contributed by atoms with Crippen LogP contribution in [0.1, 0.15) is 43.9 Å². The molecule has 0 aromatic heterocycles. The average molecular weight is 654 g/mol. The fourth-order valence-electron chi connectivity index (χ4n) is 4.48. The van der Waals surface area contributed by atoms with Gasteiger partial charge in [-0.15, -0.1) is 0 Å². The van der Waals surface area contributed by atoms with Crippen molar-refractivity contribution in [2.75, 3.05) is 18.0 Å². The lowest BCUT2D eigenvalue weighted by Gasteiger charge is -2.33. The van der Waals surface area contributed by atoms with Crippen molar-refractivity contribution in [3.05, 3.63) is 88.4 Å². The monoisotopic (exact) mass is 653 g/mol. The lowest BCUT2D eigenvalue weighted by Crippen LogP contribution is -2.53. The molecule has 44 heavy (non-hydrogen) atoms. The molecule has 0 aliphatic carbocycles. The van der Waals surface area contributed by atoms with Gasteiger partial charge in [0.15, 0.2) is 0 Å². The molecule has 0 spiro atoms. The summed E-state index contributed by atoms with van der Waals surface area (Å²) in [5, 5.41) is 2.16. The van der Waals surface area contributed by atoms with Crippen LogP contribution in [0.5, 0.6) is 5.75 Å². The molecule has 3 rings (SSSR count). The number of hydrogen-bond donors (Lipinski definition) is 1. The highest BCUT2D eigenvalue weighted by molar-refractivity contribution is 7.92. The minimum atomic E-state index is -4.89. The van der Waals surface area contributed by atoms with Crippen molar-refractivity contribution in [2.24, 2.45) is 0 Å². The van der Waals surface area contributed by atoms with Gasteiger partial charge in [0, 0.05) is 12.6 Å². The first-order valence-electron chi connectivity index (χ1n) is 13.8. The summed E-state index contributed by atoms with van der Waals surface area (Å²) >= 11 is 5.82. The SMILES string of the molecule is CC[C@@H](C(=O)NC(C)C)N(Cc1ccc(OC)cc1)C(=O)CN(c1ccc(Cl)c(C(F)(F)F)c1)S(=O)(=O)c1ccc(C)cc1. The molecule has 3 aromatic carbocycles. The van der Waals surface area contributed by atoms with Crippen LogP contribution in [0.2, 0.25) is 5.02 Å². The van der Waals surface area contributed by atoms with Gasteiger partial charge in [-0.3, -0.25) is 13.9 Å². The second-order valence-electron chi connectivity index (χ2n) is 10.4. The van der Waals surface area contributed by atoms with Gasteiger partial charge in [-0.05, 0) is 75.2 Å². The Morgan fingerprint density at radius 1 is 1.00 bits per heavy atom. The van der Waals surface area contributed by atoms with E-state index in [-0.39, 0.29) is 23.9 Å². The number of amides is 2. The number of sulfonamides is 1. The Labute approximate surface area is 260 Å². The molecular formula is C31H35ClF3N3O5S. The van der Waals surface area contributed by atoms with Crippen molar-refractivity contribution in [1.29, 1.82) is 0 Å². The van der Waals surface area contributed by atoms with E-state index in [4.69, 9.17) is 16.3 Å². The molecule has 0 aliphatic rings. The van der Waals surface area contributed by atoms with Crippen LogP contribution in [-0.4, -0.2) is 50.9 Å². The number of aryl methyl sites for hydroxylation is 1. The first-order chi connectivity index (χ1) is 20.6. The summed E-state index contributed by atoms with van der Waals surface area (Å²) in [4.78, 5) is 28.3. The van der Waals surface area contributed by atoms with Crippen molar-refractivity contribution in [2.45, 2.75) is 63.8 Å². The summed E-state index contributed by atoms with van der Waals surface area (Å²) in [7, 11) is -3.07. The summed E-state index contributed by atoms with van der Waals surface area (Å²) in [5.74, 6) is -0.691. The van der Waals surface area contributed by atoms with E-state index in [9.17, 15) is 31.2 Å². The average Bonchev–Trinajstić information content (AvgIpc) is 2.95. The van der Waals surface area contributed by atoms with E-state index in [2.05, 4.69) is 5.32 Å². The molecule has 0 bridgehead atoms. The maximum Gasteiger partial charge on any atom is 0.417 e. The number of carbonyl (C=O) groups excluding carboxylic acids is 2. The van der Waals surface area contributed by atoms with E-state index in [0.717, 1.165) is 17.7 Å². The topological polar surface area (TPSA) is 96.0 Å². The van der Waals surface area contributed by atoms with Crippen LogP contribution >= 0.6 is 11.6 Å². The highest BCUT2D eigenvalue weighted by Crippen LogP contribution is 2.38. The predicted octanol–water partition coefficient (Wildman–Crippen LogP) is 6.20. The van der Waals surface area contributed by atoms with Gasteiger partial charge in [0.05, 0.1) is 28.3 Å². The number of ether oxygens (including phenoxy) is 1. The third kappa shape index (κ3) is 8.44. The van der Waals surface area contributed by atoms with Crippen molar-refractivity contribution >= 4 is 39.1 Å². The molecule has 0 fully saturated rings. The zero-order valence-corrected chi connectivity index (χ0v) is 26.6. The number of carbonyl (C=O) groups is 2. The second-order valence-corrected chi connectivity index (χ2v) is 12.7. The summed E-state index contributed by atoms with van der Waals surface area (Å²) < 4.78 is 75.1. The van der Waals surface area contributed by atoms with Gasteiger partial charge in [0.25, 0.3) is 10.0 Å². The lowest BCUT2D eigenvalue weighted by atomic mass is 10.1. The van der Waals surface area contributed by atoms with E-state index in [1.165, 1.54) is 36.3 Å².